The van der Waals surface area contributed by atoms with Gasteiger partial charge in [-0.05, 0) is 43.9 Å². The molecule has 1 aromatic rings. The smallest absolute Gasteiger partial charge is 0.0249 e. The van der Waals surface area contributed by atoms with Crippen molar-refractivity contribution in [3.8, 4) is 11.8 Å². The summed E-state index contributed by atoms with van der Waals surface area (Å²) in [5.74, 6) is 6.91. The van der Waals surface area contributed by atoms with Crippen LogP contribution in [-0.4, -0.2) is 12.6 Å². The molecule has 0 amide bonds. The van der Waals surface area contributed by atoms with Crippen molar-refractivity contribution in [2.75, 3.05) is 6.54 Å². The Kier molecular flexibility index (Phi) is 4.84. The number of fused-ring (bicyclic) bond motifs is 1. The minimum atomic E-state index is 0.504. The molecule has 1 aliphatic carbocycles. The number of nitrogens with one attached hydrogen (secondary N) is 1. The van der Waals surface area contributed by atoms with Gasteiger partial charge in [0.15, 0.2) is 0 Å². The summed E-state index contributed by atoms with van der Waals surface area (Å²) in [6.45, 7) is 5.13. The molecule has 96 valence electrons. The Morgan fingerprint density at radius 3 is 3.00 bits per heavy atom. The standard InChI is InChI=1S/C17H23N/c1-3-5-13-17(18-4-2)16-12-8-10-14-9-6-7-11-15(14)16/h6-7,9,11,16-18H,4,8,10,12-13H2,1-2H3. The normalized spacial score (nSPS) is 19.6. The van der Waals surface area contributed by atoms with Crippen LogP contribution in [0.4, 0.5) is 0 Å². The molecule has 1 nitrogen and oxygen atoms in total. The van der Waals surface area contributed by atoms with Crippen LogP contribution in [0.5, 0.6) is 0 Å². The number of hydrogen-bond donors (Lipinski definition) is 1. The van der Waals surface area contributed by atoms with Crippen LogP contribution in [0.15, 0.2) is 24.3 Å². The molecule has 0 saturated heterocycles. The van der Waals surface area contributed by atoms with E-state index in [4.69, 9.17) is 0 Å². The topological polar surface area (TPSA) is 12.0 Å². The van der Waals surface area contributed by atoms with Crippen LogP contribution in [0, 0.1) is 11.8 Å². The van der Waals surface area contributed by atoms with Gasteiger partial charge in [0, 0.05) is 18.4 Å². The second kappa shape index (κ2) is 6.61. The lowest BCUT2D eigenvalue weighted by Gasteiger charge is -2.32. The molecule has 0 aliphatic heterocycles. The summed E-state index contributed by atoms with van der Waals surface area (Å²) in [4.78, 5) is 0. The molecule has 0 radical (unpaired) electrons. The van der Waals surface area contributed by atoms with E-state index in [1.807, 2.05) is 6.92 Å². The molecule has 1 heteroatoms. The third-order valence-corrected chi connectivity index (χ3v) is 3.87. The quantitative estimate of drug-likeness (QED) is 0.796. The van der Waals surface area contributed by atoms with Gasteiger partial charge >= 0.3 is 0 Å². The molecule has 0 heterocycles. The summed E-state index contributed by atoms with van der Waals surface area (Å²) in [6.07, 6.45) is 4.80. The highest BCUT2D eigenvalue weighted by molar-refractivity contribution is 5.34. The predicted molar refractivity (Wildman–Crippen MR) is 77.7 cm³/mol. The van der Waals surface area contributed by atoms with Crippen LogP contribution in [0.3, 0.4) is 0 Å². The molecule has 1 aromatic carbocycles. The van der Waals surface area contributed by atoms with Gasteiger partial charge in [0.1, 0.15) is 0 Å². The lowest BCUT2D eigenvalue weighted by atomic mass is 9.78. The lowest BCUT2D eigenvalue weighted by molar-refractivity contribution is 0.403. The van der Waals surface area contributed by atoms with E-state index in [0.29, 0.717) is 12.0 Å². The fourth-order valence-corrected chi connectivity index (χ4v) is 3.04. The van der Waals surface area contributed by atoms with Gasteiger partial charge in [-0.1, -0.05) is 31.2 Å². The highest BCUT2D eigenvalue weighted by Crippen LogP contribution is 2.34. The maximum absolute atomic E-state index is 3.63. The minimum Gasteiger partial charge on any atom is -0.313 e. The molecule has 0 fully saturated rings. The van der Waals surface area contributed by atoms with Crippen molar-refractivity contribution in [2.45, 2.75) is 51.5 Å². The Morgan fingerprint density at radius 2 is 2.22 bits per heavy atom. The average Bonchev–Trinajstić information content (AvgIpc) is 2.43. The highest BCUT2D eigenvalue weighted by atomic mass is 14.9. The zero-order valence-electron chi connectivity index (χ0n) is 11.5. The zero-order chi connectivity index (χ0) is 12.8. The van der Waals surface area contributed by atoms with Crippen molar-refractivity contribution in [1.29, 1.82) is 0 Å². The number of likely N-dealkylation sites (N-methyl/N-ethyl adjacent to an activating group) is 1. The van der Waals surface area contributed by atoms with E-state index in [9.17, 15) is 0 Å². The van der Waals surface area contributed by atoms with Crippen LogP contribution in [0.2, 0.25) is 0 Å². The van der Waals surface area contributed by atoms with Crippen LogP contribution in [0.25, 0.3) is 0 Å². The second-order valence-electron chi connectivity index (χ2n) is 4.99. The van der Waals surface area contributed by atoms with Crippen molar-refractivity contribution >= 4 is 0 Å². The summed E-state index contributed by atoms with van der Waals surface area (Å²) in [5.41, 5.74) is 3.09. The van der Waals surface area contributed by atoms with Crippen molar-refractivity contribution < 1.29 is 0 Å². The predicted octanol–water partition coefficient (Wildman–Crippen LogP) is 3.50. The summed E-state index contributed by atoms with van der Waals surface area (Å²) in [5, 5.41) is 3.63. The SMILES string of the molecule is CC#CCC(NCC)C1CCCc2ccccc21. The Balaban J connectivity index is 2.22. The monoisotopic (exact) mass is 241 g/mol. The van der Waals surface area contributed by atoms with Crippen LogP contribution in [0.1, 0.15) is 50.2 Å². The molecule has 2 rings (SSSR count). The molecule has 0 aromatic heterocycles. The highest BCUT2D eigenvalue weighted by Gasteiger charge is 2.26. The molecule has 1 aliphatic rings. The Labute approximate surface area is 111 Å². The molecule has 1 N–H and O–H groups in total. The second-order valence-corrected chi connectivity index (χ2v) is 4.99. The first kappa shape index (κ1) is 13.2. The molecular weight excluding hydrogens is 218 g/mol. The summed E-state index contributed by atoms with van der Waals surface area (Å²) in [6, 6.07) is 9.43. The third-order valence-electron chi connectivity index (χ3n) is 3.87. The minimum absolute atomic E-state index is 0.504. The van der Waals surface area contributed by atoms with Crippen molar-refractivity contribution in [1.82, 2.24) is 5.32 Å². The fourth-order valence-electron chi connectivity index (χ4n) is 3.04. The summed E-state index contributed by atoms with van der Waals surface area (Å²) >= 11 is 0. The van der Waals surface area contributed by atoms with Gasteiger partial charge in [-0.2, -0.15) is 0 Å². The number of hydrogen-bond acceptors (Lipinski definition) is 1. The molecule has 18 heavy (non-hydrogen) atoms. The van der Waals surface area contributed by atoms with E-state index in [-0.39, 0.29) is 0 Å². The van der Waals surface area contributed by atoms with Gasteiger partial charge < -0.3 is 5.32 Å². The third kappa shape index (κ3) is 2.94. The van der Waals surface area contributed by atoms with E-state index < -0.39 is 0 Å². The van der Waals surface area contributed by atoms with Gasteiger partial charge in [-0.25, -0.2) is 0 Å². The van der Waals surface area contributed by atoms with E-state index in [2.05, 4.69) is 48.3 Å². The van der Waals surface area contributed by atoms with E-state index in [1.165, 1.54) is 19.3 Å². The Hall–Kier alpha value is -1.26. The molecule has 0 bridgehead atoms. The number of rotatable bonds is 4. The van der Waals surface area contributed by atoms with Crippen LogP contribution in [-0.2, 0) is 6.42 Å². The number of benzene rings is 1. The van der Waals surface area contributed by atoms with Crippen molar-refractivity contribution in [2.24, 2.45) is 0 Å². The van der Waals surface area contributed by atoms with Crippen LogP contribution < -0.4 is 5.32 Å². The Morgan fingerprint density at radius 1 is 1.39 bits per heavy atom. The first-order chi connectivity index (χ1) is 8.86. The van der Waals surface area contributed by atoms with Crippen molar-refractivity contribution in [3.63, 3.8) is 0 Å². The number of aryl methyl sites for hydroxylation is 1. The first-order valence-corrected chi connectivity index (χ1v) is 7.07. The summed E-state index contributed by atoms with van der Waals surface area (Å²) in [7, 11) is 0. The summed E-state index contributed by atoms with van der Waals surface area (Å²) < 4.78 is 0. The van der Waals surface area contributed by atoms with Gasteiger partial charge in [0.2, 0.25) is 0 Å². The van der Waals surface area contributed by atoms with E-state index in [0.717, 1.165) is 13.0 Å². The molecule has 2 atom stereocenters. The maximum atomic E-state index is 3.63. The van der Waals surface area contributed by atoms with E-state index >= 15 is 0 Å². The maximum Gasteiger partial charge on any atom is 0.0249 e. The Bertz CT molecular complexity index is 438. The molecule has 0 saturated carbocycles. The van der Waals surface area contributed by atoms with Gasteiger partial charge in [-0.15, -0.1) is 11.8 Å². The van der Waals surface area contributed by atoms with Gasteiger partial charge in [-0.3, -0.25) is 0 Å². The molecule has 0 spiro atoms. The average molecular weight is 241 g/mol. The fraction of sp³-hybridized carbons (Fsp3) is 0.529. The molecular formula is C17H23N. The largest absolute Gasteiger partial charge is 0.313 e. The van der Waals surface area contributed by atoms with E-state index in [1.54, 1.807) is 11.1 Å². The lowest BCUT2D eigenvalue weighted by Crippen LogP contribution is -2.36. The van der Waals surface area contributed by atoms with Gasteiger partial charge in [0.25, 0.3) is 0 Å². The zero-order valence-corrected chi connectivity index (χ0v) is 11.5. The van der Waals surface area contributed by atoms with Gasteiger partial charge in [0.05, 0.1) is 0 Å². The van der Waals surface area contributed by atoms with Crippen LogP contribution >= 0.6 is 0 Å². The molecule has 2 unspecified atom stereocenters. The first-order valence-electron chi connectivity index (χ1n) is 7.07. The van der Waals surface area contributed by atoms with Crippen molar-refractivity contribution in [3.05, 3.63) is 35.4 Å².